The number of rotatable bonds is 4. The van der Waals surface area contributed by atoms with Crippen molar-refractivity contribution in [2.75, 3.05) is 13.2 Å². The molecule has 1 aliphatic rings. The molecule has 0 aromatic carbocycles. The van der Waals surface area contributed by atoms with Crippen LogP contribution in [0.2, 0.25) is 0 Å². The van der Waals surface area contributed by atoms with Crippen LogP contribution in [0.1, 0.15) is 26.7 Å². The first-order valence-electron chi connectivity index (χ1n) is 5.26. The molecule has 0 bridgehead atoms. The van der Waals surface area contributed by atoms with E-state index in [2.05, 4.69) is 5.32 Å². The molecule has 1 heterocycles. The number of hydrogen-bond donors (Lipinski definition) is 2. The van der Waals surface area contributed by atoms with Gasteiger partial charge in [-0.25, -0.2) is 0 Å². The highest BCUT2D eigenvalue weighted by Crippen LogP contribution is 2.20. The number of carbonyl (C=O) groups excluding carboxylic acids is 1. The van der Waals surface area contributed by atoms with Gasteiger partial charge in [0.15, 0.2) is 0 Å². The van der Waals surface area contributed by atoms with Gasteiger partial charge in [-0.05, 0) is 26.7 Å². The lowest BCUT2D eigenvalue weighted by molar-refractivity contribution is -0.126. The van der Waals surface area contributed by atoms with Crippen molar-refractivity contribution in [2.24, 2.45) is 11.7 Å². The summed E-state index contributed by atoms with van der Waals surface area (Å²) in [6.07, 6.45) is 1.73. The zero-order valence-electron chi connectivity index (χ0n) is 8.95. The van der Waals surface area contributed by atoms with E-state index in [0.29, 0.717) is 13.2 Å². The Balaban J connectivity index is 2.21. The summed E-state index contributed by atoms with van der Waals surface area (Å²) in [6, 6.07) is 0.146. The van der Waals surface area contributed by atoms with E-state index in [1.54, 1.807) is 0 Å². The van der Waals surface area contributed by atoms with Gasteiger partial charge in [-0.15, -0.1) is 0 Å². The predicted octanol–water partition coefficient (Wildman–Crippen LogP) is 0.265. The summed E-state index contributed by atoms with van der Waals surface area (Å²) < 4.78 is 5.33. The number of hydrogen-bond acceptors (Lipinski definition) is 3. The van der Waals surface area contributed by atoms with Crippen molar-refractivity contribution < 1.29 is 9.53 Å². The van der Waals surface area contributed by atoms with Gasteiger partial charge in [-0.3, -0.25) is 4.79 Å². The molecule has 4 nitrogen and oxygen atoms in total. The number of ether oxygens (including phenoxy) is 1. The molecule has 0 aromatic rings. The normalized spacial score (nSPS) is 28.8. The van der Waals surface area contributed by atoms with Crippen molar-refractivity contribution in [3.05, 3.63) is 0 Å². The van der Waals surface area contributed by atoms with Crippen LogP contribution in [0.15, 0.2) is 0 Å². The highest BCUT2D eigenvalue weighted by Gasteiger charge is 2.30. The third-order valence-electron chi connectivity index (χ3n) is 2.61. The lowest BCUT2D eigenvalue weighted by Gasteiger charge is -2.14. The fourth-order valence-electron chi connectivity index (χ4n) is 1.63. The predicted molar refractivity (Wildman–Crippen MR) is 54.8 cm³/mol. The molecule has 4 heteroatoms. The summed E-state index contributed by atoms with van der Waals surface area (Å²) in [5.41, 5.74) is 5.58. The van der Waals surface area contributed by atoms with Crippen LogP contribution < -0.4 is 11.1 Å². The van der Waals surface area contributed by atoms with Crippen LogP contribution in [-0.2, 0) is 9.53 Å². The Kier molecular flexibility index (Phi) is 4.35. The van der Waals surface area contributed by atoms with Crippen LogP contribution in [-0.4, -0.2) is 31.2 Å². The molecule has 0 spiro atoms. The van der Waals surface area contributed by atoms with Crippen molar-refractivity contribution in [3.63, 3.8) is 0 Å². The second-order valence-electron chi connectivity index (χ2n) is 4.03. The Labute approximate surface area is 85.2 Å². The molecule has 82 valence electrons. The highest BCUT2D eigenvalue weighted by molar-refractivity contribution is 5.79. The Morgan fingerprint density at radius 3 is 2.93 bits per heavy atom. The van der Waals surface area contributed by atoms with Gasteiger partial charge in [0, 0.05) is 19.2 Å². The van der Waals surface area contributed by atoms with Crippen molar-refractivity contribution in [1.82, 2.24) is 5.32 Å². The van der Waals surface area contributed by atoms with Gasteiger partial charge >= 0.3 is 0 Å². The molecular weight excluding hydrogens is 180 g/mol. The third-order valence-corrected chi connectivity index (χ3v) is 2.61. The van der Waals surface area contributed by atoms with Crippen LogP contribution in [0.4, 0.5) is 0 Å². The van der Waals surface area contributed by atoms with Crippen molar-refractivity contribution in [2.45, 2.75) is 38.8 Å². The summed E-state index contributed by atoms with van der Waals surface area (Å²) in [7, 11) is 0. The average Bonchev–Trinajstić information content (AvgIpc) is 2.50. The molecule has 3 atom stereocenters. The van der Waals surface area contributed by atoms with Gasteiger partial charge in [0.2, 0.25) is 5.91 Å². The maximum atomic E-state index is 11.6. The minimum absolute atomic E-state index is 0.0306. The van der Waals surface area contributed by atoms with Crippen LogP contribution >= 0.6 is 0 Å². The molecule has 0 radical (unpaired) electrons. The number of nitrogens with two attached hydrogens (primary N) is 1. The Bertz CT molecular complexity index is 195. The van der Waals surface area contributed by atoms with Crippen LogP contribution in [0, 0.1) is 5.92 Å². The fraction of sp³-hybridized carbons (Fsp3) is 0.900. The SMILES string of the molecule is CC(N)CCNC(=O)C1CCOC1C. The van der Waals surface area contributed by atoms with E-state index < -0.39 is 0 Å². The third kappa shape index (κ3) is 3.27. The van der Waals surface area contributed by atoms with E-state index in [-0.39, 0.29) is 24.0 Å². The van der Waals surface area contributed by atoms with E-state index in [9.17, 15) is 4.79 Å². The van der Waals surface area contributed by atoms with E-state index in [1.165, 1.54) is 0 Å². The lowest BCUT2D eigenvalue weighted by atomic mass is 10.0. The molecule has 0 saturated carbocycles. The van der Waals surface area contributed by atoms with E-state index in [1.807, 2.05) is 13.8 Å². The van der Waals surface area contributed by atoms with Gasteiger partial charge in [-0.1, -0.05) is 0 Å². The Morgan fingerprint density at radius 2 is 2.43 bits per heavy atom. The summed E-state index contributed by atoms with van der Waals surface area (Å²) in [5.74, 6) is 0.138. The summed E-state index contributed by atoms with van der Waals surface area (Å²) >= 11 is 0. The lowest BCUT2D eigenvalue weighted by Crippen LogP contribution is -2.36. The first-order valence-corrected chi connectivity index (χ1v) is 5.26. The van der Waals surface area contributed by atoms with E-state index in [0.717, 1.165) is 12.8 Å². The van der Waals surface area contributed by atoms with Gasteiger partial charge in [0.1, 0.15) is 0 Å². The van der Waals surface area contributed by atoms with Gasteiger partial charge in [0.05, 0.1) is 12.0 Å². The second kappa shape index (κ2) is 5.32. The molecule has 1 fully saturated rings. The first kappa shape index (κ1) is 11.5. The summed E-state index contributed by atoms with van der Waals surface area (Å²) in [6.45, 7) is 5.25. The molecule has 1 rings (SSSR count). The van der Waals surface area contributed by atoms with Crippen LogP contribution in [0.3, 0.4) is 0 Å². The smallest absolute Gasteiger partial charge is 0.225 e. The van der Waals surface area contributed by atoms with Gasteiger partial charge < -0.3 is 15.8 Å². The van der Waals surface area contributed by atoms with E-state index >= 15 is 0 Å². The average molecular weight is 200 g/mol. The van der Waals surface area contributed by atoms with E-state index in [4.69, 9.17) is 10.5 Å². The molecule has 0 aliphatic carbocycles. The zero-order valence-corrected chi connectivity index (χ0v) is 8.95. The molecule has 3 unspecified atom stereocenters. The molecule has 3 N–H and O–H groups in total. The number of amides is 1. The molecule has 1 amide bonds. The quantitative estimate of drug-likeness (QED) is 0.684. The van der Waals surface area contributed by atoms with Crippen molar-refractivity contribution in [1.29, 1.82) is 0 Å². The van der Waals surface area contributed by atoms with Crippen LogP contribution in [0.25, 0.3) is 0 Å². The first-order chi connectivity index (χ1) is 6.61. The highest BCUT2D eigenvalue weighted by atomic mass is 16.5. The molecule has 14 heavy (non-hydrogen) atoms. The van der Waals surface area contributed by atoms with Crippen LogP contribution in [0.5, 0.6) is 0 Å². The maximum Gasteiger partial charge on any atom is 0.225 e. The summed E-state index contributed by atoms with van der Waals surface area (Å²) in [5, 5.41) is 2.89. The number of carbonyl (C=O) groups is 1. The van der Waals surface area contributed by atoms with Gasteiger partial charge in [-0.2, -0.15) is 0 Å². The second-order valence-corrected chi connectivity index (χ2v) is 4.03. The van der Waals surface area contributed by atoms with Crippen molar-refractivity contribution in [3.8, 4) is 0 Å². The zero-order chi connectivity index (χ0) is 10.6. The number of nitrogens with one attached hydrogen (secondary N) is 1. The fourth-order valence-corrected chi connectivity index (χ4v) is 1.63. The Hall–Kier alpha value is -0.610. The largest absolute Gasteiger partial charge is 0.378 e. The minimum atomic E-state index is 0.0306. The Morgan fingerprint density at radius 1 is 1.71 bits per heavy atom. The topological polar surface area (TPSA) is 64.3 Å². The molecule has 0 aromatic heterocycles. The molecule has 1 aliphatic heterocycles. The molecule has 1 saturated heterocycles. The monoisotopic (exact) mass is 200 g/mol. The summed E-state index contributed by atoms with van der Waals surface area (Å²) in [4.78, 5) is 11.6. The molecular formula is C10H20N2O2. The standard InChI is InChI=1S/C10H20N2O2/c1-7(11)3-5-12-10(13)9-4-6-14-8(9)2/h7-9H,3-6,11H2,1-2H3,(H,12,13). The van der Waals surface area contributed by atoms with Crippen molar-refractivity contribution >= 4 is 5.91 Å². The van der Waals surface area contributed by atoms with Gasteiger partial charge in [0.25, 0.3) is 0 Å². The maximum absolute atomic E-state index is 11.6. The minimum Gasteiger partial charge on any atom is -0.378 e.